The van der Waals surface area contributed by atoms with E-state index in [0.717, 1.165) is 40.2 Å². The minimum Gasteiger partial charge on any atom is -0.465 e. The number of methoxy groups -OCH3 is 2. The molecule has 2 aliphatic carbocycles. The van der Waals surface area contributed by atoms with Crippen LogP contribution in [0.2, 0.25) is 0 Å². The minimum absolute atomic E-state index is 0.194. The molecule has 9 nitrogen and oxygen atoms in total. The molecule has 2 aliphatic rings. The first-order chi connectivity index (χ1) is 25.7. The molecule has 274 valence electrons. The van der Waals surface area contributed by atoms with Crippen LogP contribution in [0.15, 0.2) is 93.9 Å². The van der Waals surface area contributed by atoms with Gasteiger partial charge >= 0.3 is 11.9 Å². The highest BCUT2D eigenvalue weighted by molar-refractivity contribution is 9.10. The Kier molecular flexibility index (Phi) is 12.6. The van der Waals surface area contributed by atoms with Crippen molar-refractivity contribution in [2.75, 3.05) is 14.2 Å². The molecule has 0 amide bonds. The summed E-state index contributed by atoms with van der Waals surface area (Å²) >= 11 is 7.09. The van der Waals surface area contributed by atoms with Crippen LogP contribution in [0.1, 0.15) is 96.9 Å². The van der Waals surface area contributed by atoms with Gasteiger partial charge in [-0.3, -0.25) is 4.79 Å². The number of carbonyl (C=O) groups excluding carboxylic acids is 3. The molecule has 0 spiro atoms. The molecule has 0 radical (unpaired) electrons. The monoisotopic (exact) mass is 840 g/mol. The molecule has 0 fully saturated rings. The van der Waals surface area contributed by atoms with Crippen LogP contribution in [0.4, 0.5) is 0 Å². The Hall–Kier alpha value is -4.55. The number of nitrogens with two attached hydrogens (primary N) is 1. The van der Waals surface area contributed by atoms with E-state index in [4.69, 9.17) is 10.5 Å². The minimum atomic E-state index is -0.432. The highest BCUT2D eigenvalue weighted by Crippen LogP contribution is 2.36. The van der Waals surface area contributed by atoms with Gasteiger partial charge in [0.15, 0.2) is 0 Å². The summed E-state index contributed by atoms with van der Waals surface area (Å²) in [6, 6.07) is 27.2. The van der Waals surface area contributed by atoms with Gasteiger partial charge in [-0.15, -0.1) is 0 Å². The summed E-state index contributed by atoms with van der Waals surface area (Å²) in [7, 11) is 2.71. The predicted molar refractivity (Wildman–Crippen MR) is 215 cm³/mol. The van der Waals surface area contributed by atoms with E-state index < -0.39 is 5.97 Å². The van der Waals surface area contributed by atoms with E-state index in [9.17, 15) is 14.4 Å². The number of fused-ring (bicyclic) bond motifs is 6. The van der Waals surface area contributed by atoms with Crippen molar-refractivity contribution in [3.05, 3.63) is 139 Å². The van der Waals surface area contributed by atoms with Gasteiger partial charge in [0.2, 0.25) is 0 Å². The van der Waals surface area contributed by atoms with Gasteiger partial charge in [0.1, 0.15) is 6.29 Å². The van der Waals surface area contributed by atoms with Gasteiger partial charge in [-0.25, -0.2) is 9.59 Å². The van der Waals surface area contributed by atoms with Crippen LogP contribution in [-0.4, -0.2) is 42.4 Å². The van der Waals surface area contributed by atoms with Crippen LogP contribution in [0, 0.1) is 0 Å². The number of halogens is 2. The van der Waals surface area contributed by atoms with Crippen molar-refractivity contribution in [2.24, 2.45) is 5.73 Å². The fraction of sp³-hybridized carbons (Fsp3) is 0.262. The van der Waals surface area contributed by atoms with Crippen molar-refractivity contribution in [1.82, 2.24) is 15.3 Å². The normalized spacial score (nSPS) is 15.9. The second kappa shape index (κ2) is 17.5. The van der Waals surface area contributed by atoms with E-state index in [1.165, 1.54) is 77.4 Å². The topological polar surface area (TPSA) is 139 Å². The van der Waals surface area contributed by atoms with Gasteiger partial charge in [-0.1, -0.05) is 56.1 Å². The van der Waals surface area contributed by atoms with E-state index in [0.29, 0.717) is 35.6 Å². The van der Waals surface area contributed by atoms with Gasteiger partial charge in [0.25, 0.3) is 0 Å². The molecule has 0 bridgehead atoms. The Morgan fingerprint density at radius 3 is 1.96 bits per heavy atom. The summed E-state index contributed by atoms with van der Waals surface area (Å²) in [5, 5.41) is 6.30. The van der Waals surface area contributed by atoms with Crippen molar-refractivity contribution in [1.29, 1.82) is 0 Å². The third-order valence-corrected chi connectivity index (χ3v) is 10.7. The quantitative estimate of drug-likeness (QED) is 0.0968. The van der Waals surface area contributed by atoms with E-state index in [1.807, 2.05) is 18.2 Å². The lowest BCUT2D eigenvalue weighted by atomic mass is 9.91. The molecule has 8 rings (SSSR count). The van der Waals surface area contributed by atoms with Gasteiger partial charge in [0.05, 0.1) is 25.3 Å². The van der Waals surface area contributed by atoms with Gasteiger partial charge < -0.3 is 30.5 Å². The second-order valence-electron chi connectivity index (χ2n) is 13.2. The maximum absolute atomic E-state index is 11.7. The van der Waals surface area contributed by atoms with E-state index in [1.54, 1.807) is 24.3 Å². The van der Waals surface area contributed by atoms with Crippen LogP contribution < -0.4 is 11.1 Å². The van der Waals surface area contributed by atoms with E-state index in [-0.39, 0.29) is 12.0 Å². The van der Waals surface area contributed by atoms with E-state index >= 15 is 0 Å². The summed E-state index contributed by atoms with van der Waals surface area (Å²) in [6.07, 6.45) is 7.53. The zero-order valence-corrected chi connectivity index (χ0v) is 32.8. The van der Waals surface area contributed by atoms with Crippen molar-refractivity contribution in [2.45, 2.75) is 57.2 Å². The fourth-order valence-electron chi connectivity index (χ4n) is 7.13. The Balaban J connectivity index is 0.000000150. The molecule has 0 saturated carbocycles. The molecule has 53 heavy (non-hydrogen) atoms. The van der Waals surface area contributed by atoms with E-state index in [2.05, 4.69) is 88.3 Å². The molecule has 0 unspecified atom stereocenters. The van der Waals surface area contributed by atoms with Crippen molar-refractivity contribution in [3.63, 3.8) is 0 Å². The number of hydrogen-bond donors (Lipinski definition) is 4. The summed E-state index contributed by atoms with van der Waals surface area (Å²) in [4.78, 5) is 40.0. The molecule has 11 heteroatoms. The van der Waals surface area contributed by atoms with Crippen LogP contribution in [0.25, 0.3) is 21.8 Å². The van der Waals surface area contributed by atoms with Gasteiger partial charge in [0, 0.05) is 66.3 Å². The number of H-pyrrole nitrogens is 2. The van der Waals surface area contributed by atoms with Crippen molar-refractivity contribution >= 4 is 71.9 Å². The molecular formula is C42H42Br2N4O5. The molecule has 2 aromatic heterocycles. The first-order valence-corrected chi connectivity index (χ1v) is 19.2. The number of esters is 2. The summed E-state index contributed by atoms with van der Waals surface area (Å²) in [5.74, 6) is -0.730. The molecule has 5 N–H and O–H groups in total. The predicted octanol–water partition coefficient (Wildman–Crippen LogP) is 9.44. The number of aldehydes is 1. The average molecular weight is 843 g/mol. The number of aryl methyl sites for hydroxylation is 2. The summed E-state index contributed by atoms with van der Waals surface area (Å²) < 4.78 is 11.5. The smallest absolute Gasteiger partial charge is 0.337 e. The standard InChI is InChI=1S/C21H21BrN2O2.C12H13BrN2.C9H8O3/c1-26-21(25)14-5-2-4-13(10-14)12-23-19-7-3-6-16-17-11-15(22)8-9-18(17)24-20(16)19;13-7-4-5-11-9(6-7)8-2-1-3-10(14)12(8)15-11;1-12-9(11)8-4-2-3-7(5-8)6-10/h2,4-5,8-11,19,23-24H,3,6-7,12H2,1H3;4-6,10,15H,1-3,14H2;2-6H,1H3/t19-;10-;/m11./s1. The number of hydrogen-bond acceptors (Lipinski definition) is 7. The van der Waals surface area contributed by atoms with Gasteiger partial charge in [-0.05, 0) is 116 Å². The maximum atomic E-state index is 11.7. The molecule has 0 aliphatic heterocycles. The fourth-order valence-corrected chi connectivity index (χ4v) is 7.85. The summed E-state index contributed by atoms with van der Waals surface area (Å²) in [6.45, 7) is 0.716. The Morgan fingerprint density at radius 2 is 1.34 bits per heavy atom. The lowest BCUT2D eigenvalue weighted by Gasteiger charge is -2.24. The number of benzene rings is 4. The maximum Gasteiger partial charge on any atom is 0.337 e. The Bertz CT molecular complexity index is 2260. The average Bonchev–Trinajstić information content (AvgIpc) is 3.76. The highest BCUT2D eigenvalue weighted by Gasteiger charge is 2.24. The van der Waals surface area contributed by atoms with Crippen LogP contribution >= 0.6 is 31.9 Å². The van der Waals surface area contributed by atoms with Crippen molar-refractivity contribution in [3.8, 4) is 0 Å². The van der Waals surface area contributed by atoms with Crippen molar-refractivity contribution < 1.29 is 23.9 Å². The molecule has 6 aromatic rings. The third kappa shape index (κ3) is 8.98. The summed E-state index contributed by atoms with van der Waals surface area (Å²) in [5.41, 5.74) is 16.4. The van der Waals surface area contributed by atoms with Crippen LogP contribution in [0.3, 0.4) is 0 Å². The lowest BCUT2D eigenvalue weighted by Crippen LogP contribution is -2.25. The second-order valence-corrected chi connectivity index (χ2v) is 15.0. The highest BCUT2D eigenvalue weighted by atomic mass is 79.9. The number of carbonyl (C=O) groups is 3. The number of rotatable bonds is 6. The molecule has 2 atom stereocenters. The molecule has 4 aromatic carbocycles. The van der Waals surface area contributed by atoms with Gasteiger partial charge in [-0.2, -0.15) is 0 Å². The zero-order valence-electron chi connectivity index (χ0n) is 29.6. The first kappa shape index (κ1) is 38.2. The Morgan fingerprint density at radius 1 is 0.774 bits per heavy atom. The number of nitrogens with one attached hydrogen (secondary N) is 3. The number of aromatic nitrogens is 2. The lowest BCUT2D eigenvalue weighted by molar-refractivity contribution is 0.0591. The van der Waals surface area contributed by atoms with Crippen LogP contribution in [0.5, 0.6) is 0 Å². The zero-order chi connectivity index (χ0) is 37.5. The number of ether oxygens (including phenoxy) is 2. The SMILES string of the molecule is COC(=O)c1cccc(C=O)c1.COC(=O)c1cccc(CN[C@@H]2CCCc3c2[nH]c2ccc(Br)cc32)c1.N[C@@H]1CCCc2c1[nH]c1ccc(Br)cc21. The molecule has 2 heterocycles. The first-order valence-electron chi connectivity index (χ1n) is 17.6. The Labute approximate surface area is 325 Å². The molecular weight excluding hydrogens is 800 g/mol. The third-order valence-electron chi connectivity index (χ3n) is 9.73. The largest absolute Gasteiger partial charge is 0.465 e. The molecule has 0 saturated heterocycles. The van der Waals surface area contributed by atoms with Crippen LogP contribution in [-0.2, 0) is 28.9 Å². The number of aromatic amines is 2.